The van der Waals surface area contributed by atoms with Crippen molar-refractivity contribution >= 4 is 23.5 Å². The van der Waals surface area contributed by atoms with E-state index in [0.717, 1.165) is 0 Å². The van der Waals surface area contributed by atoms with Crippen LogP contribution in [0.5, 0.6) is 0 Å². The highest BCUT2D eigenvalue weighted by Gasteiger charge is 2.10. The van der Waals surface area contributed by atoms with Crippen LogP contribution in [-0.4, -0.2) is 26.1 Å². The Kier molecular flexibility index (Phi) is 2.59. The normalized spacial score (nSPS) is 9.93. The highest BCUT2D eigenvalue weighted by atomic mass is 35.5. The SMILES string of the molecule is O=C(Nc1ncn[nH]1)c1ccncc1Cl. The lowest BCUT2D eigenvalue weighted by molar-refractivity contribution is 0.102. The van der Waals surface area contributed by atoms with Gasteiger partial charge in [0.25, 0.3) is 5.91 Å². The molecule has 1 amide bonds. The Morgan fingerprint density at radius 3 is 3.07 bits per heavy atom. The number of H-pyrrole nitrogens is 1. The molecule has 6 nitrogen and oxygen atoms in total. The van der Waals surface area contributed by atoms with E-state index >= 15 is 0 Å². The van der Waals surface area contributed by atoms with Crippen molar-refractivity contribution in [2.24, 2.45) is 0 Å². The molecule has 2 heterocycles. The second kappa shape index (κ2) is 4.05. The lowest BCUT2D eigenvalue weighted by Crippen LogP contribution is -2.13. The van der Waals surface area contributed by atoms with Gasteiger partial charge in [0, 0.05) is 12.4 Å². The van der Waals surface area contributed by atoms with Crippen LogP contribution in [-0.2, 0) is 0 Å². The summed E-state index contributed by atoms with van der Waals surface area (Å²) in [4.78, 5) is 19.2. The first-order valence-corrected chi connectivity index (χ1v) is 4.41. The fourth-order valence-corrected chi connectivity index (χ4v) is 1.21. The number of aromatic nitrogens is 4. The van der Waals surface area contributed by atoms with Gasteiger partial charge in [0.15, 0.2) is 0 Å². The molecule has 2 aromatic heterocycles. The molecule has 0 bridgehead atoms. The molecule has 0 aliphatic rings. The Balaban J connectivity index is 2.19. The van der Waals surface area contributed by atoms with E-state index in [0.29, 0.717) is 5.56 Å². The van der Waals surface area contributed by atoms with Gasteiger partial charge in [-0.25, -0.2) is 5.10 Å². The van der Waals surface area contributed by atoms with Crippen LogP contribution in [0.4, 0.5) is 5.95 Å². The molecule has 0 saturated carbocycles. The molecule has 2 N–H and O–H groups in total. The van der Waals surface area contributed by atoms with Crippen molar-refractivity contribution in [3.8, 4) is 0 Å². The van der Waals surface area contributed by atoms with Gasteiger partial charge < -0.3 is 0 Å². The first-order valence-electron chi connectivity index (χ1n) is 4.03. The average molecular weight is 224 g/mol. The molecular weight excluding hydrogens is 218 g/mol. The maximum Gasteiger partial charge on any atom is 0.259 e. The second-order valence-corrected chi connectivity index (χ2v) is 3.05. The quantitative estimate of drug-likeness (QED) is 0.799. The number of amides is 1. The number of anilines is 1. The van der Waals surface area contributed by atoms with Crippen LogP contribution in [0.15, 0.2) is 24.8 Å². The van der Waals surface area contributed by atoms with Crippen LogP contribution in [0.1, 0.15) is 10.4 Å². The maximum absolute atomic E-state index is 11.6. The molecule has 0 aromatic carbocycles. The number of halogens is 1. The fraction of sp³-hybridized carbons (Fsp3) is 0. The van der Waals surface area contributed by atoms with Gasteiger partial charge in [0.05, 0.1) is 10.6 Å². The zero-order chi connectivity index (χ0) is 10.7. The summed E-state index contributed by atoms with van der Waals surface area (Å²) in [6.07, 6.45) is 4.18. The summed E-state index contributed by atoms with van der Waals surface area (Å²) in [6.45, 7) is 0. The van der Waals surface area contributed by atoms with Gasteiger partial charge in [-0.3, -0.25) is 15.1 Å². The van der Waals surface area contributed by atoms with Crippen LogP contribution in [0.25, 0.3) is 0 Å². The molecule has 0 radical (unpaired) electrons. The third kappa shape index (κ3) is 2.10. The summed E-state index contributed by atoms with van der Waals surface area (Å²) in [6, 6.07) is 1.52. The molecule has 7 heteroatoms. The summed E-state index contributed by atoms with van der Waals surface area (Å²) in [5.41, 5.74) is 0.336. The topological polar surface area (TPSA) is 83.6 Å². The van der Waals surface area contributed by atoms with Crippen LogP contribution >= 0.6 is 11.6 Å². The summed E-state index contributed by atoms with van der Waals surface area (Å²) in [7, 11) is 0. The highest BCUT2D eigenvalue weighted by molar-refractivity contribution is 6.34. The third-order valence-corrected chi connectivity index (χ3v) is 1.97. The number of nitrogens with zero attached hydrogens (tertiary/aromatic N) is 3. The number of carbonyl (C=O) groups is 1. The van der Waals surface area contributed by atoms with Gasteiger partial charge >= 0.3 is 0 Å². The van der Waals surface area contributed by atoms with Crippen LogP contribution in [0, 0.1) is 0 Å². The van der Waals surface area contributed by atoms with E-state index in [9.17, 15) is 4.79 Å². The van der Waals surface area contributed by atoms with E-state index in [4.69, 9.17) is 11.6 Å². The van der Waals surface area contributed by atoms with Crippen molar-refractivity contribution < 1.29 is 4.79 Å². The Morgan fingerprint density at radius 2 is 2.40 bits per heavy atom. The number of hydrogen-bond acceptors (Lipinski definition) is 4. The molecule has 0 fully saturated rings. The van der Waals surface area contributed by atoms with Crippen LogP contribution in [0.2, 0.25) is 5.02 Å². The number of hydrogen-bond donors (Lipinski definition) is 2. The Morgan fingerprint density at radius 1 is 1.53 bits per heavy atom. The van der Waals surface area contributed by atoms with Crippen molar-refractivity contribution in [3.63, 3.8) is 0 Å². The minimum atomic E-state index is -0.362. The molecule has 15 heavy (non-hydrogen) atoms. The summed E-state index contributed by atoms with van der Waals surface area (Å²) < 4.78 is 0. The number of pyridine rings is 1. The summed E-state index contributed by atoms with van der Waals surface area (Å²) >= 11 is 5.79. The monoisotopic (exact) mass is 223 g/mol. The van der Waals surface area contributed by atoms with Gasteiger partial charge in [0.1, 0.15) is 6.33 Å². The van der Waals surface area contributed by atoms with Gasteiger partial charge in [-0.1, -0.05) is 11.6 Å². The molecule has 2 rings (SSSR count). The third-order valence-electron chi connectivity index (χ3n) is 1.66. The molecule has 2 aromatic rings. The summed E-state index contributed by atoms with van der Waals surface area (Å²) in [5, 5.41) is 8.89. The molecular formula is C8H6ClN5O. The first-order chi connectivity index (χ1) is 7.27. The largest absolute Gasteiger partial charge is 0.291 e. The van der Waals surface area contributed by atoms with E-state index in [-0.39, 0.29) is 16.9 Å². The van der Waals surface area contributed by atoms with Crippen LogP contribution in [0.3, 0.4) is 0 Å². The number of carbonyl (C=O) groups excluding carboxylic acids is 1. The summed E-state index contributed by atoms with van der Waals surface area (Å²) in [5.74, 6) is -0.0907. The minimum absolute atomic E-state index is 0.271. The predicted molar refractivity (Wildman–Crippen MR) is 53.6 cm³/mol. The smallest absolute Gasteiger partial charge is 0.259 e. The molecule has 0 saturated heterocycles. The van der Waals surface area contributed by atoms with Crippen LogP contribution < -0.4 is 5.32 Å². The lowest BCUT2D eigenvalue weighted by atomic mass is 10.2. The number of rotatable bonds is 2. The standard InChI is InChI=1S/C8H6ClN5O/c9-6-3-10-2-1-5(6)7(15)13-8-11-4-12-14-8/h1-4H,(H2,11,12,13,14,15). The zero-order valence-electron chi connectivity index (χ0n) is 7.44. The van der Waals surface area contributed by atoms with Gasteiger partial charge in [-0.15, -0.1) is 0 Å². The molecule has 0 aliphatic carbocycles. The van der Waals surface area contributed by atoms with Gasteiger partial charge in [-0.2, -0.15) is 10.1 Å². The Labute approximate surface area is 89.7 Å². The second-order valence-electron chi connectivity index (χ2n) is 2.64. The minimum Gasteiger partial charge on any atom is -0.291 e. The van der Waals surface area contributed by atoms with E-state index in [2.05, 4.69) is 25.5 Å². The lowest BCUT2D eigenvalue weighted by Gasteiger charge is -2.02. The zero-order valence-corrected chi connectivity index (χ0v) is 8.19. The average Bonchev–Trinajstić information content (AvgIpc) is 2.71. The van der Waals surface area contributed by atoms with Crippen molar-refractivity contribution in [2.75, 3.05) is 5.32 Å². The van der Waals surface area contributed by atoms with Crippen molar-refractivity contribution in [2.45, 2.75) is 0 Å². The highest BCUT2D eigenvalue weighted by Crippen LogP contribution is 2.14. The number of aromatic amines is 1. The van der Waals surface area contributed by atoms with E-state index < -0.39 is 0 Å². The maximum atomic E-state index is 11.6. The molecule has 0 aliphatic heterocycles. The van der Waals surface area contributed by atoms with Crippen molar-refractivity contribution in [3.05, 3.63) is 35.4 Å². The van der Waals surface area contributed by atoms with Crippen molar-refractivity contribution in [1.29, 1.82) is 0 Å². The van der Waals surface area contributed by atoms with Gasteiger partial charge in [-0.05, 0) is 6.07 Å². The molecule has 0 spiro atoms. The molecule has 76 valence electrons. The van der Waals surface area contributed by atoms with E-state index in [1.165, 1.54) is 24.8 Å². The van der Waals surface area contributed by atoms with Gasteiger partial charge in [0.2, 0.25) is 5.95 Å². The number of nitrogens with one attached hydrogen (secondary N) is 2. The first kappa shape index (κ1) is 9.60. The predicted octanol–water partition coefficient (Wildman–Crippen LogP) is 1.11. The Hall–Kier alpha value is -1.95. The van der Waals surface area contributed by atoms with E-state index in [1.807, 2.05) is 0 Å². The van der Waals surface area contributed by atoms with Crippen molar-refractivity contribution in [1.82, 2.24) is 20.2 Å². The Bertz CT molecular complexity index is 470. The van der Waals surface area contributed by atoms with E-state index in [1.54, 1.807) is 0 Å². The fourth-order valence-electron chi connectivity index (χ4n) is 1.000. The molecule has 0 atom stereocenters. The molecule has 0 unspecified atom stereocenters.